The summed E-state index contributed by atoms with van der Waals surface area (Å²) in [6, 6.07) is 10.7. The van der Waals surface area contributed by atoms with Gasteiger partial charge in [-0.2, -0.15) is 11.8 Å². The molecule has 1 atom stereocenters. The van der Waals surface area contributed by atoms with Crippen LogP contribution >= 0.6 is 11.8 Å². The molecule has 1 unspecified atom stereocenters. The smallest absolute Gasteiger partial charge is 0.207 e. The summed E-state index contributed by atoms with van der Waals surface area (Å²) >= 11 is 1.94. The average molecular weight is 261 g/mol. The van der Waals surface area contributed by atoms with E-state index < -0.39 is 0 Å². The summed E-state index contributed by atoms with van der Waals surface area (Å²) in [5.41, 5.74) is 1.13. The van der Waals surface area contributed by atoms with Gasteiger partial charge >= 0.3 is 0 Å². The number of nitrogens with one attached hydrogen (secondary N) is 1. The van der Waals surface area contributed by atoms with Crippen LogP contribution in [0, 0.1) is 0 Å². The van der Waals surface area contributed by atoms with E-state index in [9.17, 15) is 0 Å². The molecule has 18 heavy (non-hydrogen) atoms. The number of imidazole rings is 1. The lowest BCUT2D eigenvalue weighted by atomic mass is 10.3. The third kappa shape index (κ3) is 3.29. The summed E-state index contributed by atoms with van der Waals surface area (Å²) in [6.07, 6.45) is 3.81. The number of para-hydroxylation sites is 1. The predicted molar refractivity (Wildman–Crippen MR) is 79.6 cm³/mol. The Kier molecular flexibility index (Phi) is 4.70. The van der Waals surface area contributed by atoms with Crippen LogP contribution in [0.5, 0.6) is 0 Å². The van der Waals surface area contributed by atoms with Crippen LogP contribution in [0.15, 0.2) is 42.7 Å². The fourth-order valence-corrected chi connectivity index (χ4v) is 2.44. The Hall–Kier alpha value is -1.42. The maximum absolute atomic E-state index is 4.38. The molecule has 0 fully saturated rings. The molecule has 0 amide bonds. The van der Waals surface area contributed by atoms with Crippen LogP contribution in [0.2, 0.25) is 0 Å². The molecule has 4 heteroatoms. The van der Waals surface area contributed by atoms with E-state index in [1.54, 1.807) is 0 Å². The molecule has 1 aromatic carbocycles. The number of hydrogen-bond acceptors (Lipinski definition) is 3. The van der Waals surface area contributed by atoms with Gasteiger partial charge in [0.05, 0.1) is 0 Å². The molecule has 1 heterocycles. The summed E-state index contributed by atoms with van der Waals surface area (Å²) in [6.45, 7) is 4.37. The van der Waals surface area contributed by atoms with E-state index in [1.807, 2.05) is 42.4 Å². The van der Waals surface area contributed by atoms with Crippen LogP contribution in [0.25, 0.3) is 5.69 Å². The second kappa shape index (κ2) is 6.50. The number of hydrogen-bond donors (Lipinski definition) is 1. The molecule has 0 bridgehead atoms. The van der Waals surface area contributed by atoms with Crippen molar-refractivity contribution in [1.29, 1.82) is 0 Å². The second-order valence-corrected chi connectivity index (χ2v) is 5.48. The molecule has 0 aliphatic heterocycles. The van der Waals surface area contributed by atoms with Gasteiger partial charge < -0.3 is 5.32 Å². The quantitative estimate of drug-likeness (QED) is 0.864. The molecule has 96 valence electrons. The van der Waals surface area contributed by atoms with Gasteiger partial charge in [-0.05, 0) is 24.8 Å². The molecule has 0 radical (unpaired) electrons. The van der Waals surface area contributed by atoms with Crippen LogP contribution in [-0.2, 0) is 0 Å². The third-order valence-electron chi connectivity index (χ3n) is 2.62. The van der Waals surface area contributed by atoms with Crippen molar-refractivity contribution < 1.29 is 0 Å². The van der Waals surface area contributed by atoms with Crippen LogP contribution in [0.3, 0.4) is 0 Å². The van der Waals surface area contributed by atoms with Crippen molar-refractivity contribution in [3.63, 3.8) is 0 Å². The molecule has 0 spiro atoms. The highest BCUT2D eigenvalue weighted by molar-refractivity contribution is 7.99. The first kappa shape index (κ1) is 13.0. The third-order valence-corrected chi connectivity index (χ3v) is 3.77. The summed E-state index contributed by atoms with van der Waals surface area (Å²) in [5.74, 6) is 3.16. The van der Waals surface area contributed by atoms with Crippen molar-refractivity contribution in [3.05, 3.63) is 42.7 Å². The topological polar surface area (TPSA) is 29.9 Å². The number of rotatable bonds is 6. The standard InChI is InChI=1S/C14H19N3S/c1-3-18-11-12(2)16-14-15-9-10-17(14)13-7-5-4-6-8-13/h4-10,12H,3,11H2,1-2H3,(H,15,16). The first-order valence-electron chi connectivity index (χ1n) is 6.24. The SMILES string of the molecule is CCSCC(C)Nc1nccn1-c1ccccc1. The average Bonchev–Trinajstić information content (AvgIpc) is 2.85. The van der Waals surface area contributed by atoms with Crippen LogP contribution < -0.4 is 5.32 Å². The van der Waals surface area contributed by atoms with Gasteiger partial charge in [-0.1, -0.05) is 25.1 Å². The van der Waals surface area contributed by atoms with Crippen molar-refractivity contribution in [2.75, 3.05) is 16.8 Å². The highest BCUT2D eigenvalue weighted by atomic mass is 32.2. The van der Waals surface area contributed by atoms with E-state index in [1.165, 1.54) is 0 Å². The first-order chi connectivity index (χ1) is 8.81. The zero-order valence-electron chi connectivity index (χ0n) is 10.8. The largest absolute Gasteiger partial charge is 0.352 e. The highest BCUT2D eigenvalue weighted by Crippen LogP contribution is 2.15. The molecular weight excluding hydrogens is 242 g/mol. The van der Waals surface area contributed by atoms with Crippen molar-refractivity contribution in [3.8, 4) is 5.69 Å². The minimum atomic E-state index is 0.416. The fraction of sp³-hybridized carbons (Fsp3) is 0.357. The number of thioether (sulfide) groups is 1. The lowest BCUT2D eigenvalue weighted by Crippen LogP contribution is -2.20. The van der Waals surface area contributed by atoms with E-state index >= 15 is 0 Å². The van der Waals surface area contributed by atoms with Crippen molar-refractivity contribution in [2.24, 2.45) is 0 Å². The summed E-state index contributed by atoms with van der Waals surface area (Å²) < 4.78 is 2.08. The Morgan fingerprint density at radius 2 is 2.11 bits per heavy atom. The minimum absolute atomic E-state index is 0.416. The van der Waals surface area contributed by atoms with Gasteiger partial charge in [0.15, 0.2) is 0 Å². The maximum atomic E-state index is 4.38. The Labute approximate surface area is 113 Å². The molecule has 2 rings (SSSR count). The Bertz CT molecular complexity index is 467. The van der Waals surface area contributed by atoms with Crippen LogP contribution in [0.1, 0.15) is 13.8 Å². The van der Waals surface area contributed by atoms with Gasteiger partial charge in [-0.25, -0.2) is 4.98 Å². The van der Waals surface area contributed by atoms with Crippen molar-refractivity contribution in [2.45, 2.75) is 19.9 Å². The van der Waals surface area contributed by atoms with Crippen LogP contribution in [-0.4, -0.2) is 27.1 Å². The molecule has 0 aliphatic rings. The highest BCUT2D eigenvalue weighted by Gasteiger charge is 2.07. The van der Waals surface area contributed by atoms with Gasteiger partial charge in [-0.15, -0.1) is 0 Å². The van der Waals surface area contributed by atoms with E-state index in [0.29, 0.717) is 6.04 Å². The van der Waals surface area contributed by atoms with Crippen LogP contribution in [0.4, 0.5) is 5.95 Å². The van der Waals surface area contributed by atoms with E-state index in [-0.39, 0.29) is 0 Å². The maximum Gasteiger partial charge on any atom is 0.207 e. The van der Waals surface area contributed by atoms with Crippen molar-refractivity contribution >= 4 is 17.7 Å². The van der Waals surface area contributed by atoms with E-state index in [0.717, 1.165) is 23.1 Å². The zero-order valence-corrected chi connectivity index (χ0v) is 11.7. The van der Waals surface area contributed by atoms with Gasteiger partial charge in [0.1, 0.15) is 0 Å². The molecule has 0 aliphatic carbocycles. The second-order valence-electron chi connectivity index (χ2n) is 4.16. The Morgan fingerprint density at radius 3 is 2.83 bits per heavy atom. The van der Waals surface area contributed by atoms with Gasteiger partial charge in [0, 0.05) is 29.9 Å². The normalized spacial score (nSPS) is 12.3. The lowest BCUT2D eigenvalue weighted by Gasteiger charge is -2.15. The van der Waals surface area contributed by atoms with Gasteiger partial charge in [-0.3, -0.25) is 4.57 Å². The molecule has 1 N–H and O–H groups in total. The minimum Gasteiger partial charge on any atom is -0.352 e. The lowest BCUT2D eigenvalue weighted by molar-refractivity contribution is 0.875. The number of nitrogens with zero attached hydrogens (tertiary/aromatic N) is 2. The van der Waals surface area contributed by atoms with Crippen molar-refractivity contribution in [1.82, 2.24) is 9.55 Å². The Balaban J connectivity index is 2.09. The fourth-order valence-electron chi connectivity index (χ4n) is 1.76. The van der Waals surface area contributed by atoms with Gasteiger partial charge in [0.2, 0.25) is 5.95 Å². The molecule has 0 saturated heterocycles. The summed E-state index contributed by atoms with van der Waals surface area (Å²) in [4.78, 5) is 4.38. The summed E-state index contributed by atoms with van der Waals surface area (Å²) in [5, 5.41) is 3.45. The molecular formula is C14H19N3S. The summed E-state index contributed by atoms with van der Waals surface area (Å²) in [7, 11) is 0. The molecule has 2 aromatic rings. The number of aromatic nitrogens is 2. The Morgan fingerprint density at radius 1 is 1.33 bits per heavy atom. The predicted octanol–water partition coefficient (Wildman–Crippen LogP) is 3.43. The first-order valence-corrected chi connectivity index (χ1v) is 7.39. The molecule has 3 nitrogen and oxygen atoms in total. The molecule has 0 saturated carbocycles. The number of benzene rings is 1. The van der Waals surface area contributed by atoms with E-state index in [2.05, 4.69) is 40.8 Å². The van der Waals surface area contributed by atoms with E-state index in [4.69, 9.17) is 0 Å². The zero-order chi connectivity index (χ0) is 12.8. The molecule has 1 aromatic heterocycles. The van der Waals surface area contributed by atoms with Gasteiger partial charge in [0.25, 0.3) is 0 Å². The number of anilines is 1. The monoisotopic (exact) mass is 261 g/mol.